The zero-order chi connectivity index (χ0) is 22.5. The Morgan fingerprint density at radius 1 is 1.31 bits per heavy atom. The van der Waals surface area contributed by atoms with Gasteiger partial charge in [-0.25, -0.2) is 4.68 Å². The smallest absolute Gasteiger partial charge is 0.226 e. The van der Waals surface area contributed by atoms with Crippen molar-refractivity contribution >= 4 is 5.91 Å². The van der Waals surface area contributed by atoms with Crippen molar-refractivity contribution in [2.24, 2.45) is 5.92 Å². The van der Waals surface area contributed by atoms with Gasteiger partial charge in [-0.15, -0.1) is 6.58 Å². The molecule has 0 spiro atoms. The molecule has 1 aliphatic carbocycles. The molecule has 7 heteroatoms. The maximum Gasteiger partial charge on any atom is 0.226 e. The highest BCUT2D eigenvalue weighted by molar-refractivity contribution is 5.79. The van der Waals surface area contributed by atoms with Gasteiger partial charge in [0.1, 0.15) is 11.4 Å². The minimum absolute atomic E-state index is 0.149. The summed E-state index contributed by atoms with van der Waals surface area (Å²) in [5.74, 6) is 1.17. The third kappa shape index (κ3) is 4.59. The Morgan fingerprint density at radius 3 is 2.81 bits per heavy atom. The maximum absolute atomic E-state index is 13.1. The van der Waals surface area contributed by atoms with Crippen LogP contribution in [0.25, 0.3) is 5.69 Å². The van der Waals surface area contributed by atoms with Gasteiger partial charge in [0, 0.05) is 51.2 Å². The summed E-state index contributed by atoms with van der Waals surface area (Å²) in [6, 6.07) is 7.97. The van der Waals surface area contributed by atoms with Crippen LogP contribution < -0.4 is 4.74 Å². The summed E-state index contributed by atoms with van der Waals surface area (Å²) in [6.07, 6.45) is 5.96. The van der Waals surface area contributed by atoms with E-state index in [0.29, 0.717) is 19.7 Å². The lowest BCUT2D eigenvalue weighted by Crippen LogP contribution is -2.40. The lowest BCUT2D eigenvalue weighted by Gasteiger charge is -2.32. The topological polar surface area (TPSA) is 59.8 Å². The van der Waals surface area contributed by atoms with Gasteiger partial charge >= 0.3 is 0 Å². The molecule has 1 amide bonds. The Bertz CT molecular complexity index is 951. The fourth-order valence-electron chi connectivity index (χ4n) is 4.57. The van der Waals surface area contributed by atoms with Crippen LogP contribution in [0, 0.1) is 5.92 Å². The van der Waals surface area contributed by atoms with Crippen molar-refractivity contribution in [2.75, 3.05) is 40.5 Å². The SMILES string of the molecule is C=CCN1CCc2c(c(CN(CCOC)C(=O)C3CCC3)nn2-c2ccccc2OC)C1. The fourth-order valence-corrected chi connectivity index (χ4v) is 4.57. The number of carbonyl (C=O) groups is 1. The van der Waals surface area contributed by atoms with E-state index in [-0.39, 0.29) is 11.8 Å². The highest BCUT2D eigenvalue weighted by Crippen LogP contribution is 2.32. The number of hydrogen-bond donors (Lipinski definition) is 0. The molecule has 1 aromatic heterocycles. The molecule has 2 aliphatic rings. The number of para-hydroxylation sites is 2. The molecule has 2 heterocycles. The molecule has 7 nitrogen and oxygen atoms in total. The van der Waals surface area contributed by atoms with Crippen LogP contribution in [0.3, 0.4) is 0 Å². The van der Waals surface area contributed by atoms with E-state index < -0.39 is 0 Å². The van der Waals surface area contributed by atoms with E-state index in [1.807, 2.05) is 39.9 Å². The van der Waals surface area contributed by atoms with E-state index in [1.165, 1.54) is 11.3 Å². The highest BCUT2D eigenvalue weighted by Gasteiger charge is 2.32. The minimum Gasteiger partial charge on any atom is -0.494 e. The summed E-state index contributed by atoms with van der Waals surface area (Å²) in [6.45, 7) is 8.11. The Morgan fingerprint density at radius 2 is 2.12 bits per heavy atom. The monoisotopic (exact) mass is 438 g/mol. The average Bonchev–Trinajstić information content (AvgIpc) is 3.13. The number of rotatable bonds is 10. The Hall–Kier alpha value is -2.64. The Balaban J connectivity index is 1.70. The summed E-state index contributed by atoms with van der Waals surface area (Å²) < 4.78 is 12.9. The van der Waals surface area contributed by atoms with E-state index in [2.05, 4.69) is 11.5 Å². The second-order valence-electron chi connectivity index (χ2n) is 8.61. The van der Waals surface area contributed by atoms with Gasteiger partial charge in [-0.05, 0) is 25.0 Å². The summed E-state index contributed by atoms with van der Waals surface area (Å²) >= 11 is 0. The number of carbonyl (C=O) groups excluding carboxylic acids is 1. The summed E-state index contributed by atoms with van der Waals surface area (Å²) in [5, 5.41) is 5.05. The first-order chi connectivity index (χ1) is 15.7. The third-order valence-electron chi connectivity index (χ3n) is 6.59. The van der Waals surface area contributed by atoms with Crippen LogP contribution in [-0.4, -0.2) is 65.9 Å². The molecular weight excluding hydrogens is 404 g/mol. The summed E-state index contributed by atoms with van der Waals surface area (Å²) in [4.78, 5) is 17.5. The molecule has 2 aromatic rings. The predicted octanol–water partition coefficient (Wildman–Crippen LogP) is 3.20. The number of hydrogen-bond acceptors (Lipinski definition) is 5. The molecule has 0 radical (unpaired) electrons. The van der Waals surface area contributed by atoms with Crippen molar-refractivity contribution in [1.82, 2.24) is 19.6 Å². The van der Waals surface area contributed by atoms with Crippen LogP contribution >= 0.6 is 0 Å². The number of ether oxygens (including phenoxy) is 2. The van der Waals surface area contributed by atoms with Gasteiger partial charge in [-0.3, -0.25) is 9.69 Å². The fraction of sp³-hybridized carbons (Fsp3) is 0.520. The van der Waals surface area contributed by atoms with E-state index >= 15 is 0 Å². The van der Waals surface area contributed by atoms with E-state index in [4.69, 9.17) is 14.6 Å². The molecule has 1 aromatic carbocycles. The number of nitrogens with zero attached hydrogens (tertiary/aromatic N) is 4. The van der Waals surface area contributed by atoms with Gasteiger partial charge in [0.2, 0.25) is 5.91 Å². The molecule has 1 fully saturated rings. The van der Waals surface area contributed by atoms with Gasteiger partial charge in [0.05, 0.1) is 31.6 Å². The molecule has 172 valence electrons. The highest BCUT2D eigenvalue weighted by atomic mass is 16.5. The second kappa shape index (κ2) is 10.3. The average molecular weight is 439 g/mol. The first kappa shape index (κ1) is 22.6. The molecule has 1 saturated carbocycles. The van der Waals surface area contributed by atoms with Crippen molar-refractivity contribution in [3.8, 4) is 11.4 Å². The molecular formula is C25H34N4O3. The van der Waals surface area contributed by atoms with E-state index in [0.717, 1.165) is 62.4 Å². The molecule has 0 bridgehead atoms. The molecule has 0 saturated heterocycles. The third-order valence-corrected chi connectivity index (χ3v) is 6.59. The zero-order valence-corrected chi connectivity index (χ0v) is 19.3. The molecule has 32 heavy (non-hydrogen) atoms. The molecule has 0 atom stereocenters. The van der Waals surface area contributed by atoms with Crippen molar-refractivity contribution in [3.63, 3.8) is 0 Å². The second-order valence-corrected chi connectivity index (χ2v) is 8.61. The van der Waals surface area contributed by atoms with Gasteiger partial charge < -0.3 is 14.4 Å². The molecule has 0 unspecified atom stereocenters. The molecule has 0 N–H and O–H groups in total. The van der Waals surface area contributed by atoms with Gasteiger partial charge in [-0.2, -0.15) is 5.10 Å². The van der Waals surface area contributed by atoms with Crippen LogP contribution in [0.2, 0.25) is 0 Å². The van der Waals surface area contributed by atoms with Crippen LogP contribution in [0.1, 0.15) is 36.2 Å². The summed E-state index contributed by atoms with van der Waals surface area (Å²) in [5.41, 5.74) is 4.31. The van der Waals surface area contributed by atoms with Gasteiger partial charge in [0.25, 0.3) is 0 Å². The predicted molar refractivity (Wildman–Crippen MR) is 124 cm³/mol. The Labute approximate surface area is 190 Å². The zero-order valence-electron chi connectivity index (χ0n) is 19.3. The van der Waals surface area contributed by atoms with Crippen LogP contribution in [-0.2, 0) is 29.0 Å². The van der Waals surface area contributed by atoms with Gasteiger partial charge in [-0.1, -0.05) is 24.6 Å². The van der Waals surface area contributed by atoms with Crippen molar-refractivity contribution in [3.05, 3.63) is 53.9 Å². The molecule has 1 aliphatic heterocycles. The number of fused-ring (bicyclic) bond motifs is 1. The maximum atomic E-state index is 13.1. The first-order valence-corrected chi connectivity index (χ1v) is 11.5. The van der Waals surface area contributed by atoms with E-state index in [9.17, 15) is 4.79 Å². The quantitative estimate of drug-likeness (QED) is 0.533. The standard InChI is InChI=1S/C25H34N4O3/c1-4-13-27-14-12-22-20(17-27)21(26-29(22)23-10-5-6-11-24(23)32-3)18-28(15-16-31-2)25(30)19-8-7-9-19/h4-6,10-11,19H,1,7-9,12-18H2,2-3H3. The molecule has 4 rings (SSSR count). The minimum atomic E-state index is 0.149. The van der Waals surface area contributed by atoms with Gasteiger partial charge in [0.15, 0.2) is 0 Å². The van der Waals surface area contributed by atoms with Crippen molar-refractivity contribution < 1.29 is 14.3 Å². The number of amides is 1. The largest absolute Gasteiger partial charge is 0.494 e. The first-order valence-electron chi connectivity index (χ1n) is 11.5. The van der Waals surface area contributed by atoms with Crippen LogP contribution in [0.15, 0.2) is 36.9 Å². The normalized spacial score (nSPS) is 16.3. The number of aromatic nitrogens is 2. The van der Waals surface area contributed by atoms with Crippen LogP contribution in [0.4, 0.5) is 0 Å². The number of benzene rings is 1. The van der Waals surface area contributed by atoms with Crippen molar-refractivity contribution in [1.29, 1.82) is 0 Å². The number of methoxy groups -OCH3 is 2. The lowest BCUT2D eigenvalue weighted by atomic mass is 9.84. The van der Waals surface area contributed by atoms with Crippen molar-refractivity contribution in [2.45, 2.75) is 38.8 Å². The summed E-state index contributed by atoms with van der Waals surface area (Å²) in [7, 11) is 3.36. The lowest BCUT2D eigenvalue weighted by molar-refractivity contribution is -0.139. The Kier molecular flexibility index (Phi) is 7.27. The van der Waals surface area contributed by atoms with E-state index in [1.54, 1.807) is 14.2 Å². The van der Waals surface area contributed by atoms with Crippen LogP contribution in [0.5, 0.6) is 5.75 Å².